The van der Waals surface area contributed by atoms with Gasteiger partial charge in [-0.3, -0.25) is 9.59 Å². The monoisotopic (exact) mass is 496 g/mol. The number of hydrogen-bond acceptors (Lipinski definition) is 8. The Morgan fingerprint density at radius 3 is 2.67 bits per heavy atom. The second-order valence-electron chi connectivity index (χ2n) is 9.38. The third-order valence-corrected chi connectivity index (χ3v) is 7.16. The van der Waals surface area contributed by atoms with Crippen molar-refractivity contribution in [2.75, 3.05) is 45.0 Å². The normalized spacial score (nSPS) is 26.1. The number of carbonyl (C=O) groups excluding carboxylic acids is 2. The Labute approximate surface area is 208 Å². The van der Waals surface area contributed by atoms with Crippen LogP contribution in [0.1, 0.15) is 34.7 Å². The highest BCUT2D eigenvalue weighted by molar-refractivity contribution is 6.04. The Bertz CT molecular complexity index is 1160. The second kappa shape index (κ2) is 9.61. The number of hydrogen-bond donors (Lipinski definition) is 2. The van der Waals surface area contributed by atoms with E-state index >= 15 is 0 Å². The Kier molecular flexibility index (Phi) is 6.16. The van der Waals surface area contributed by atoms with Gasteiger partial charge in [-0.15, -0.1) is 0 Å². The lowest BCUT2D eigenvalue weighted by Crippen LogP contribution is -2.48. The maximum atomic E-state index is 12.9. The van der Waals surface area contributed by atoms with Crippen LogP contribution in [-0.4, -0.2) is 79.8 Å². The van der Waals surface area contributed by atoms with Gasteiger partial charge in [0.2, 0.25) is 12.7 Å². The van der Waals surface area contributed by atoms with E-state index in [0.29, 0.717) is 61.2 Å². The quantitative estimate of drug-likeness (QED) is 0.645. The number of nitrogens with zero attached hydrogens (tertiary/aromatic N) is 1. The van der Waals surface area contributed by atoms with Gasteiger partial charge in [0.1, 0.15) is 18.0 Å². The molecule has 4 aliphatic heterocycles. The minimum absolute atomic E-state index is 0.0299. The number of ether oxygens (including phenoxy) is 5. The van der Waals surface area contributed by atoms with E-state index in [-0.39, 0.29) is 49.8 Å². The standard InChI is InChI=1S/C26H28N2O8/c29-13-23-25-19(11-17(35-23)12-24(30)28-5-7-32-8-6-28)18-10-16(2-4-20(18)36-25)27-26(31)15-1-3-21-22(9-15)34-14-33-21/h1-4,9-10,17,19,23,25,29H,5-8,11-14H2,(H,27,31)/t17-,19-,23-,25+/m0/s1. The molecule has 10 nitrogen and oxygen atoms in total. The topological polar surface area (TPSA) is 116 Å². The Morgan fingerprint density at radius 1 is 1.03 bits per heavy atom. The highest BCUT2D eigenvalue weighted by atomic mass is 16.7. The van der Waals surface area contributed by atoms with E-state index in [9.17, 15) is 14.7 Å². The number of morpholine rings is 1. The number of carbonyl (C=O) groups is 2. The lowest BCUT2D eigenvalue weighted by atomic mass is 9.84. The minimum Gasteiger partial charge on any atom is -0.487 e. The average Bonchev–Trinajstić information content (AvgIpc) is 3.52. The summed E-state index contributed by atoms with van der Waals surface area (Å²) in [5.41, 5.74) is 2.03. The zero-order valence-corrected chi connectivity index (χ0v) is 19.7. The fourth-order valence-corrected chi connectivity index (χ4v) is 5.34. The van der Waals surface area contributed by atoms with Crippen molar-refractivity contribution in [2.24, 2.45) is 0 Å². The number of rotatable bonds is 5. The first-order valence-electron chi connectivity index (χ1n) is 12.2. The smallest absolute Gasteiger partial charge is 0.255 e. The molecule has 0 spiro atoms. The summed E-state index contributed by atoms with van der Waals surface area (Å²) in [6.07, 6.45) is -0.385. The van der Waals surface area contributed by atoms with Gasteiger partial charge in [-0.1, -0.05) is 0 Å². The summed E-state index contributed by atoms with van der Waals surface area (Å²) in [5, 5.41) is 12.9. The molecular weight excluding hydrogens is 468 g/mol. The lowest BCUT2D eigenvalue weighted by molar-refractivity contribution is -0.151. The van der Waals surface area contributed by atoms with Crippen LogP contribution in [0.2, 0.25) is 0 Å². The lowest BCUT2D eigenvalue weighted by Gasteiger charge is -2.38. The van der Waals surface area contributed by atoms with Crippen LogP contribution in [0.15, 0.2) is 36.4 Å². The van der Waals surface area contributed by atoms with E-state index in [2.05, 4.69) is 5.32 Å². The largest absolute Gasteiger partial charge is 0.487 e. The highest BCUT2D eigenvalue weighted by Gasteiger charge is 2.46. The minimum atomic E-state index is -0.537. The van der Waals surface area contributed by atoms with Crippen LogP contribution in [0.5, 0.6) is 17.2 Å². The van der Waals surface area contributed by atoms with Gasteiger partial charge in [0, 0.05) is 35.8 Å². The summed E-state index contributed by atoms with van der Waals surface area (Å²) in [5.74, 6) is 1.57. The van der Waals surface area contributed by atoms with E-state index in [1.54, 1.807) is 29.2 Å². The van der Waals surface area contributed by atoms with Crippen LogP contribution < -0.4 is 19.5 Å². The van der Waals surface area contributed by atoms with E-state index < -0.39 is 6.10 Å². The average molecular weight is 497 g/mol. The molecule has 0 aromatic heterocycles. The first-order chi connectivity index (χ1) is 17.6. The number of aliphatic hydroxyl groups excluding tert-OH is 1. The second-order valence-corrected chi connectivity index (χ2v) is 9.38. The van der Waals surface area contributed by atoms with Gasteiger partial charge >= 0.3 is 0 Å². The molecule has 2 aromatic rings. The van der Waals surface area contributed by atoms with Gasteiger partial charge in [0.25, 0.3) is 5.91 Å². The predicted molar refractivity (Wildman–Crippen MR) is 126 cm³/mol. The molecule has 0 saturated carbocycles. The van der Waals surface area contributed by atoms with Crippen LogP contribution in [-0.2, 0) is 14.3 Å². The molecule has 4 aliphatic rings. The third kappa shape index (κ3) is 4.36. The molecule has 0 unspecified atom stereocenters. The van der Waals surface area contributed by atoms with Gasteiger partial charge < -0.3 is 39.0 Å². The Balaban J connectivity index is 1.17. The molecule has 0 bridgehead atoms. The molecule has 2 N–H and O–H groups in total. The van der Waals surface area contributed by atoms with E-state index in [0.717, 1.165) is 5.56 Å². The van der Waals surface area contributed by atoms with Crippen molar-refractivity contribution in [3.63, 3.8) is 0 Å². The number of anilines is 1. The van der Waals surface area contributed by atoms with Crippen molar-refractivity contribution in [3.05, 3.63) is 47.5 Å². The van der Waals surface area contributed by atoms with Crippen LogP contribution in [0.3, 0.4) is 0 Å². The van der Waals surface area contributed by atoms with Crippen molar-refractivity contribution in [1.82, 2.24) is 4.90 Å². The van der Waals surface area contributed by atoms with Gasteiger partial charge in [0.15, 0.2) is 11.5 Å². The summed E-state index contributed by atoms with van der Waals surface area (Å²) in [7, 11) is 0. The Hall–Kier alpha value is -3.34. The highest BCUT2D eigenvalue weighted by Crippen LogP contribution is 2.47. The molecular formula is C26H28N2O8. The van der Waals surface area contributed by atoms with Crippen LogP contribution in [0.25, 0.3) is 0 Å². The first-order valence-corrected chi connectivity index (χ1v) is 12.2. The van der Waals surface area contributed by atoms with E-state index in [1.807, 2.05) is 12.1 Å². The molecule has 0 aliphatic carbocycles. The maximum absolute atomic E-state index is 12.9. The summed E-state index contributed by atoms with van der Waals surface area (Å²) in [6.45, 7) is 2.20. The summed E-state index contributed by atoms with van der Waals surface area (Å²) < 4.78 is 28.2. The fourth-order valence-electron chi connectivity index (χ4n) is 5.34. The molecule has 0 radical (unpaired) electrons. The summed E-state index contributed by atoms with van der Waals surface area (Å²) >= 11 is 0. The SMILES string of the molecule is O=C(Nc1ccc2c(c1)[C@@H]1C[C@@H](CC(=O)N3CCOCC3)O[C@@H](CO)[C@@H]1O2)c1ccc2c(c1)OCO2. The van der Waals surface area contributed by atoms with Gasteiger partial charge in [-0.2, -0.15) is 0 Å². The molecule has 4 heterocycles. The van der Waals surface area contributed by atoms with Crippen molar-refractivity contribution in [2.45, 2.75) is 37.1 Å². The van der Waals surface area contributed by atoms with Crippen molar-refractivity contribution < 1.29 is 38.4 Å². The fraction of sp³-hybridized carbons (Fsp3) is 0.462. The maximum Gasteiger partial charge on any atom is 0.255 e. The van der Waals surface area contributed by atoms with E-state index in [4.69, 9.17) is 23.7 Å². The van der Waals surface area contributed by atoms with Crippen LogP contribution in [0, 0.1) is 0 Å². The van der Waals surface area contributed by atoms with Crippen molar-refractivity contribution in [3.8, 4) is 17.2 Å². The van der Waals surface area contributed by atoms with Gasteiger partial charge in [0.05, 0.1) is 32.3 Å². The number of nitrogens with one attached hydrogen (secondary N) is 1. The Morgan fingerprint density at radius 2 is 1.83 bits per heavy atom. The zero-order chi connectivity index (χ0) is 24.6. The molecule has 4 atom stereocenters. The van der Waals surface area contributed by atoms with Crippen molar-refractivity contribution in [1.29, 1.82) is 0 Å². The molecule has 2 amide bonds. The van der Waals surface area contributed by atoms with Crippen molar-refractivity contribution >= 4 is 17.5 Å². The molecule has 36 heavy (non-hydrogen) atoms. The summed E-state index contributed by atoms with van der Waals surface area (Å²) in [6, 6.07) is 10.6. The van der Waals surface area contributed by atoms with Crippen LogP contribution in [0.4, 0.5) is 5.69 Å². The molecule has 10 heteroatoms. The molecule has 2 saturated heterocycles. The number of benzene rings is 2. The van der Waals surface area contributed by atoms with Gasteiger partial charge in [-0.25, -0.2) is 0 Å². The van der Waals surface area contributed by atoms with E-state index in [1.165, 1.54) is 0 Å². The molecule has 190 valence electrons. The predicted octanol–water partition coefficient (Wildman–Crippen LogP) is 1.91. The number of fused-ring (bicyclic) bond motifs is 4. The molecule has 6 rings (SSSR count). The molecule has 2 aromatic carbocycles. The zero-order valence-electron chi connectivity index (χ0n) is 19.7. The van der Waals surface area contributed by atoms with Gasteiger partial charge in [-0.05, 0) is 42.8 Å². The number of amides is 2. The summed E-state index contributed by atoms with van der Waals surface area (Å²) in [4.78, 5) is 27.5. The third-order valence-electron chi connectivity index (χ3n) is 7.16. The van der Waals surface area contributed by atoms with Crippen LogP contribution >= 0.6 is 0 Å². The number of aliphatic hydroxyl groups is 1. The first kappa shape index (κ1) is 23.1. The molecule has 2 fully saturated rings.